The van der Waals surface area contributed by atoms with E-state index in [4.69, 9.17) is 4.42 Å². The van der Waals surface area contributed by atoms with Gasteiger partial charge in [-0.1, -0.05) is 0 Å². The third-order valence-electron chi connectivity index (χ3n) is 2.99. The topological polar surface area (TPSA) is 78.7 Å². The monoisotopic (exact) mass is 334 g/mol. The molecule has 0 saturated heterocycles. The van der Waals surface area contributed by atoms with Crippen LogP contribution in [0.2, 0.25) is 0 Å². The number of furan rings is 1. The number of carbonyl (C=O) groups excluding carboxylic acids is 1. The number of carbonyl (C=O) groups is 1. The molecule has 2 heterocycles. The number of hydrogen-bond donors (Lipinski definition) is 3. The zero-order valence-corrected chi connectivity index (χ0v) is 14.2. The largest absolute Gasteiger partial charge is 0.467 e. The molecule has 1 amide bonds. The molecule has 2 rings (SSSR count). The van der Waals surface area contributed by atoms with Crippen molar-refractivity contribution in [2.24, 2.45) is 4.99 Å². The van der Waals surface area contributed by atoms with Crippen LogP contribution in [0.3, 0.4) is 0 Å². The number of nitrogens with zero attached hydrogens (tertiary/aromatic N) is 1. The van der Waals surface area contributed by atoms with Crippen LogP contribution in [0.4, 0.5) is 0 Å². The summed E-state index contributed by atoms with van der Waals surface area (Å²) in [5.74, 6) is 1.21. The first-order chi connectivity index (χ1) is 11.2. The second-order valence-corrected chi connectivity index (χ2v) is 6.29. The van der Waals surface area contributed by atoms with Gasteiger partial charge in [0.2, 0.25) is 5.91 Å². The van der Waals surface area contributed by atoms with Crippen LogP contribution in [-0.2, 0) is 17.9 Å². The predicted molar refractivity (Wildman–Crippen MR) is 92.4 cm³/mol. The first-order valence-corrected chi connectivity index (χ1v) is 8.35. The number of thiophene rings is 1. The van der Waals surface area contributed by atoms with Gasteiger partial charge in [0.05, 0.1) is 19.4 Å². The summed E-state index contributed by atoms with van der Waals surface area (Å²) in [5, 5.41) is 9.12. The average Bonchev–Trinajstić information content (AvgIpc) is 3.19. The summed E-state index contributed by atoms with van der Waals surface area (Å²) in [6.07, 6.45) is 1.58. The zero-order chi connectivity index (χ0) is 16.5. The van der Waals surface area contributed by atoms with Crippen molar-refractivity contribution in [2.45, 2.75) is 26.9 Å². The van der Waals surface area contributed by atoms with Crippen LogP contribution in [0.1, 0.15) is 22.4 Å². The van der Waals surface area contributed by atoms with Crippen molar-refractivity contribution < 1.29 is 9.21 Å². The maximum absolute atomic E-state index is 11.8. The number of amides is 1. The SMILES string of the molecule is CCNC(=NCC(=O)NCc1ccco1)NCc1ccc(C)s1. The van der Waals surface area contributed by atoms with Gasteiger partial charge in [0.25, 0.3) is 0 Å². The van der Waals surface area contributed by atoms with Gasteiger partial charge in [-0.25, -0.2) is 4.99 Å². The zero-order valence-electron chi connectivity index (χ0n) is 13.4. The molecule has 6 nitrogen and oxygen atoms in total. The maximum atomic E-state index is 11.8. The summed E-state index contributed by atoms with van der Waals surface area (Å²) >= 11 is 1.74. The van der Waals surface area contributed by atoms with E-state index >= 15 is 0 Å². The fourth-order valence-corrected chi connectivity index (χ4v) is 2.73. The Labute approximate surface area is 140 Å². The molecule has 0 aliphatic rings. The Morgan fingerprint density at radius 1 is 1.22 bits per heavy atom. The van der Waals surface area contributed by atoms with Gasteiger partial charge in [0.15, 0.2) is 5.96 Å². The highest BCUT2D eigenvalue weighted by Crippen LogP contribution is 2.14. The molecule has 0 aliphatic carbocycles. The van der Waals surface area contributed by atoms with E-state index in [0.29, 0.717) is 19.0 Å². The summed E-state index contributed by atoms with van der Waals surface area (Å²) in [6.45, 7) is 5.95. The number of aliphatic imine (C=N–C) groups is 1. The molecule has 124 valence electrons. The lowest BCUT2D eigenvalue weighted by molar-refractivity contribution is -0.119. The first-order valence-electron chi connectivity index (χ1n) is 7.54. The van der Waals surface area contributed by atoms with Crippen molar-refractivity contribution >= 4 is 23.2 Å². The van der Waals surface area contributed by atoms with Crippen LogP contribution in [-0.4, -0.2) is 25.0 Å². The summed E-state index contributed by atoms with van der Waals surface area (Å²) in [4.78, 5) is 18.6. The Bertz CT molecular complexity index is 634. The number of rotatable bonds is 7. The molecule has 2 aromatic heterocycles. The Morgan fingerprint density at radius 3 is 2.74 bits per heavy atom. The van der Waals surface area contributed by atoms with E-state index in [1.165, 1.54) is 9.75 Å². The molecule has 0 unspecified atom stereocenters. The second kappa shape index (κ2) is 8.99. The fourth-order valence-electron chi connectivity index (χ4n) is 1.90. The van der Waals surface area contributed by atoms with Crippen LogP contribution in [0.25, 0.3) is 0 Å². The standard InChI is InChI=1S/C16H22N4O2S/c1-3-17-16(19-10-14-7-6-12(2)23-14)20-11-15(21)18-9-13-5-4-8-22-13/h4-8H,3,9-11H2,1-2H3,(H,18,21)(H2,17,19,20). The second-order valence-electron chi connectivity index (χ2n) is 4.92. The highest BCUT2D eigenvalue weighted by molar-refractivity contribution is 7.11. The number of nitrogens with one attached hydrogen (secondary N) is 3. The van der Waals surface area contributed by atoms with E-state index < -0.39 is 0 Å². The van der Waals surface area contributed by atoms with Crippen molar-refractivity contribution in [1.82, 2.24) is 16.0 Å². The molecular weight excluding hydrogens is 312 g/mol. The minimum absolute atomic E-state index is 0.0690. The molecule has 0 aromatic carbocycles. The Hall–Kier alpha value is -2.28. The molecule has 2 aromatic rings. The van der Waals surface area contributed by atoms with Gasteiger partial charge < -0.3 is 20.4 Å². The fraction of sp³-hybridized carbons (Fsp3) is 0.375. The normalized spacial score (nSPS) is 11.3. The Morgan fingerprint density at radius 2 is 2.09 bits per heavy atom. The van der Waals surface area contributed by atoms with E-state index in [1.54, 1.807) is 23.7 Å². The maximum Gasteiger partial charge on any atom is 0.242 e. The van der Waals surface area contributed by atoms with Crippen molar-refractivity contribution in [3.63, 3.8) is 0 Å². The van der Waals surface area contributed by atoms with Crippen LogP contribution >= 0.6 is 11.3 Å². The molecule has 0 aliphatic heterocycles. The lowest BCUT2D eigenvalue weighted by Gasteiger charge is -2.10. The summed E-state index contributed by atoms with van der Waals surface area (Å²) < 4.78 is 5.16. The molecular formula is C16H22N4O2S. The van der Waals surface area contributed by atoms with Crippen molar-refractivity contribution in [1.29, 1.82) is 0 Å². The number of aryl methyl sites for hydroxylation is 1. The van der Waals surface area contributed by atoms with Crippen molar-refractivity contribution in [2.75, 3.05) is 13.1 Å². The van der Waals surface area contributed by atoms with E-state index in [-0.39, 0.29) is 12.5 Å². The van der Waals surface area contributed by atoms with Crippen molar-refractivity contribution in [3.05, 3.63) is 46.0 Å². The van der Waals surface area contributed by atoms with Crippen LogP contribution in [0, 0.1) is 6.92 Å². The van der Waals surface area contributed by atoms with Crippen molar-refractivity contribution in [3.8, 4) is 0 Å². The van der Waals surface area contributed by atoms with Gasteiger partial charge in [-0.15, -0.1) is 11.3 Å². The lowest BCUT2D eigenvalue weighted by Crippen LogP contribution is -2.37. The number of hydrogen-bond acceptors (Lipinski definition) is 4. The van der Waals surface area contributed by atoms with Crippen LogP contribution in [0.15, 0.2) is 39.9 Å². The molecule has 0 saturated carbocycles. The molecule has 0 bridgehead atoms. The van der Waals surface area contributed by atoms with E-state index in [9.17, 15) is 4.79 Å². The first kappa shape index (κ1) is 17.1. The molecule has 0 fully saturated rings. The molecule has 7 heteroatoms. The van der Waals surface area contributed by atoms with Crippen LogP contribution < -0.4 is 16.0 Å². The van der Waals surface area contributed by atoms with E-state index in [1.807, 2.05) is 13.0 Å². The van der Waals surface area contributed by atoms with Gasteiger partial charge in [-0.3, -0.25) is 4.79 Å². The summed E-state index contributed by atoms with van der Waals surface area (Å²) in [6, 6.07) is 7.79. The highest BCUT2D eigenvalue weighted by atomic mass is 32.1. The smallest absolute Gasteiger partial charge is 0.242 e. The molecule has 0 radical (unpaired) electrons. The molecule has 0 atom stereocenters. The van der Waals surface area contributed by atoms with E-state index in [2.05, 4.69) is 40.0 Å². The predicted octanol–water partition coefficient (Wildman–Crippen LogP) is 2.02. The van der Waals surface area contributed by atoms with Gasteiger partial charge in [-0.2, -0.15) is 0 Å². The average molecular weight is 334 g/mol. The van der Waals surface area contributed by atoms with Crippen LogP contribution in [0.5, 0.6) is 0 Å². The van der Waals surface area contributed by atoms with Gasteiger partial charge in [0, 0.05) is 16.3 Å². The highest BCUT2D eigenvalue weighted by Gasteiger charge is 2.04. The Balaban J connectivity index is 1.78. The summed E-state index contributed by atoms with van der Waals surface area (Å²) in [7, 11) is 0. The number of guanidine groups is 1. The molecule has 3 N–H and O–H groups in total. The van der Waals surface area contributed by atoms with Gasteiger partial charge >= 0.3 is 0 Å². The molecule has 0 spiro atoms. The third kappa shape index (κ3) is 6.15. The minimum Gasteiger partial charge on any atom is -0.467 e. The summed E-state index contributed by atoms with van der Waals surface area (Å²) in [5.41, 5.74) is 0. The van der Waals surface area contributed by atoms with E-state index in [0.717, 1.165) is 12.3 Å². The Kier molecular flexibility index (Phi) is 6.68. The lowest BCUT2D eigenvalue weighted by atomic mass is 10.4. The van der Waals surface area contributed by atoms with Gasteiger partial charge in [0.1, 0.15) is 12.3 Å². The molecule has 23 heavy (non-hydrogen) atoms. The quantitative estimate of drug-likeness (QED) is 0.535. The third-order valence-corrected chi connectivity index (χ3v) is 3.99. The van der Waals surface area contributed by atoms with Gasteiger partial charge in [-0.05, 0) is 38.1 Å². The minimum atomic E-state index is -0.148.